The zero-order valence-corrected chi connectivity index (χ0v) is 19.7. The van der Waals surface area contributed by atoms with Crippen LogP contribution in [-0.2, 0) is 20.3 Å². The largest absolute Gasteiger partial charge is 0.495 e. The minimum Gasteiger partial charge on any atom is -0.495 e. The molecule has 5 heterocycles. The first kappa shape index (κ1) is 23.5. The van der Waals surface area contributed by atoms with Gasteiger partial charge >= 0.3 is 6.18 Å². The monoisotopic (exact) mass is 519 g/mol. The van der Waals surface area contributed by atoms with Gasteiger partial charge < -0.3 is 23.9 Å². The lowest BCUT2D eigenvalue weighted by molar-refractivity contribution is -0.138. The van der Waals surface area contributed by atoms with E-state index in [2.05, 4.69) is 20.4 Å². The molecule has 36 heavy (non-hydrogen) atoms. The molecule has 0 radical (unpaired) electrons. The van der Waals surface area contributed by atoms with E-state index >= 15 is 0 Å². The SMILES string of the molecule is COc1ccc2c(Oc3cnc4nc(Nc5cc(C(F)(F)F)cn(C)c5=O)n(C)c4c3Cl)cnn2c1. The Morgan fingerprint density at radius 2 is 1.89 bits per heavy atom. The van der Waals surface area contributed by atoms with Crippen LogP contribution in [0.3, 0.4) is 0 Å². The van der Waals surface area contributed by atoms with Gasteiger partial charge in [-0.3, -0.25) is 4.79 Å². The van der Waals surface area contributed by atoms with E-state index in [4.69, 9.17) is 21.1 Å². The third-order valence-electron chi connectivity index (χ3n) is 5.47. The predicted octanol–water partition coefficient (Wildman–Crippen LogP) is 4.53. The molecule has 0 aliphatic carbocycles. The molecule has 186 valence electrons. The average Bonchev–Trinajstić information content (AvgIpc) is 3.38. The van der Waals surface area contributed by atoms with Crippen LogP contribution in [0.25, 0.3) is 16.7 Å². The zero-order valence-electron chi connectivity index (χ0n) is 19.0. The molecule has 0 fully saturated rings. The molecule has 0 unspecified atom stereocenters. The summed E-state index contributed by atoms with van der Waals surface area (Å²) >= 11 is 6.61. The van der Waals surface area contributed by atoms with Gasteiger partial charge in [-0.05, 0) is 18.2 Å². The van der Waals surface area contributed by atoms with Crippen molar-refractivity contribution in [2.24, 2.45) is 14.1 Å². The molecule has 0 spiro atoms. The van der Waals surface area contributed by atoms with Gasteiger partial charge in [0.25, 0.3) is 5.56 Å². The predicted molar refractivity (Wildman–Crippen MR) is 125 cm³/mol. The number of imidazole rings is 1. The second-order valence-corrected chi connectivity index (χ2v) is 8.17. The summed E-state index contributed by atoms with van der Waals surface area (Å²) in [6.45, 7) is 0. The fraction of sp³-hybridized carbons (Fsp3) is 0.182. The molecule has 0 bridgehead atoms. The van der Waals surface area contributed by atoms with Crippen molar-refractivity contribution in [2.45, 2.75) is 6.18 Å². The van der Waals surface area contributed by atoms with Crippen LogP contribution < -0.4 is 20.3 Å². The van der Waals surface area contributed by atoms with Crippen LogP contribution in [0.15, 0.2) is 47.8 Å². The van der Waals surface area contributed by atoms with E-state index in [0.717, 1.165) is 16.8 Å². The number of nitrogens with one attached hydrogen (secondary N) is 1. The molecule has 5 aromatic heterocycles. The third-order valence-corrected chi connectivity index (χ3v) is 5.84. The van der Waals surface area contributed by atoms with Gasteiger partial charge in [0.2, 0.25) is 5.95 Å². The van der Waals surface area contributed by atoms with Gasteiger partial charge in [-0.15, -0.1) is 0 Å². The van der Waals surface area contributed by atoms with Crippen LogP contribution in [0.4, 0.5) is 24.8 Å². The summed E-state index contributed by atoms with van der Waals surface area (Å²) < 4.78 is 54.7. The van der Waals surface area contributed by atoms with Crippen molar-refractivity contribution in [3.05, 3.63) is 63.9 Å². The fourth-order valence-corrected chi connectivity index (χ4v) is 3.93. The topological polar surface area (TPSA) is 101 Å². The average molecular weight is 520 g/mol. The zero-order chi connectivity index (χ0) is 25.8. The number of hydrogen-bond donors (Lipinski definition) is 1. The number of pyridine rings is 3. The Balaban J connectivity index is 1.52. The molecule has 0 aliphatic rings. The maximum Gasteiger partial charge on any atom is 0.417 e. The number of fused-ring (bicyclic) bond motifs is 2. The van der Waals surface area contributed by atoms with Crippen LogP contribution in [0.2, 0.25) is 5.02 Å². The van der Waals surface area contributed by atoms with Crippen molar-refractivity contribution < 1.29 is 22.6 Å². The normalized spacial score (nSPS) is 11.9. The first-order chi connectivity index (χ1) is 17.1. The van der Waals surface area contributed by atoms with Crippen LogP contribution in [0.1, 0.15) is 5.56 Å². The first-order valence-electron chi connectivity index (χ1n) is 10.3. The number of nitrogens with zero attached hydrogens (tertiary/aromatic N) is 6. The summed E-state index contributed by atoms with van der Waals surface area (Å²) in [5, 5.41) is 7.06. The number of anilines is 2. The van der Waals surface area contributed by atoms with Crippen molar-refractivity contribution in [1.29, 1.82) is 0 Å². The molecule has 14 heteroatoms. The van der Waals surface area contributed by atoms with Gasteiger partial charge in [-0.25, -0.2) is 9.50 Å². The molecule has 1 N–H and O–H groups in total. The standard InChI is InChI=1S/C22H17ClF3N7O3/c1-31-9-11(22(24,25)26)6-13(20(31)34)29-21-30-19-18(32(21)2)17(23)16(7-27-19)36-15-8-28-33-10-12(35-3)4-5-14(15)33/h4-10H,1-3H3,(H,27,29,30). The Labute approximate surface area is 205 Å². The van der Waals surface area contributed by atoms with Gasteiger partial charge in [0.15, 0.2) is 17.1 Å². The maximum atomic E-state index is 13.2. The van der Waals surface area contributed by atoms with Gasteiger partial charge in [0.05, 0.1) is 31.3 Å². The molecule has 0 amide bonds. The van der Waals surface area contributed by atoms with E-state index < -0.39 is 17.3 Å². The number of hydrogen-bond acceptors (Lipinski definition) is 7. The third kappa shape index (κ3) is 3.96. The minimum absolute atomic E-state index is 0.0658. The number of aryl methyl sites for hydroxylation is 2. The summed E-state index contributed by atoms with van der Waals surface area (Å²) in [6.07, 6.45) is 0.657. The lowest BCUT2D eigenvalue weighted by atomic mass is 10.2. The smallest absolute Gasteiger partial charge is 0.417 e. The number of rotatable bonds is 5. The Morgan fingerprint density at radius 1 is 1.11 bits per heavy atom. The van der Waals surface area contributed by atoms with Crippen LogP contribution >= 0.6 is 11.6 Å². The van der Waals surface area contributed by atoms with E-state index in [9.17, 15) is 18.0 Å². The first-order valence-corrected chi connectivity index (χ1v) is 10.7. The van der Waals surface area contributed by atoms with Crippen LogP contribution in [-0.4, -0.2) is 35.8 Å². The number of ether oxygens (including phenoxy) is 2. The van der Waals surface area contributed by atoms with Crippen molar-refractivity contribution in [3.63, 3.8) is 0 Å². The van der Waals surface area contributed by atoms with Gasteiger partial charge in [-0.2, -0.15) is 23.3 Å². The molecular weight excluding hydrogens is 503 g/mol. The maximum absolute atomic E-state index is 13.2. The van der Waals surface area contributed by atoms with E-state index in [-0.39, 0.29) is 28.1 Å². The molecule has 0 saturated carbocycles. The molecule has 0 aliphatic heterocycles. The van der Waals surface area contributed by atoms with Crippen molar-refractivity contribution >= 4 is 39.9 Å². The minimum atomic E-state index is -4.63. The Hall–Kier alpha value is -4.26. The summed E-state index contributed by atoms with van der Waals surface area (Å²) in [5.41, 5.74) is -0.754. The number of halogens is 4. The molecular formula is C22H17ClF3N7O3. The summed E-state index contributed by atoms with van der Waals surface area (Å²) in [6, 6.07) is 4.25. The number of aromatic nitrogens is 6. The summed E-state index contributed by atoms with van der Waals surface area (Å²) in [4.78, 5) is 21.0. The Kier molecular flexibility index (Phi) is 5.51. The lowest BCUT2D eigenvalue weighted by Gasteiger charge is -2.12. The van der Waals surface area contributed by atoms with Crippen LogP contribution in [0.5, 0.6) is 17.2 Å². The summed E-state index contributed by atoms with van der Waals surface area (Å²) in [7, 11) is 4.36. The molecule has 10 nitrogen and oxygen atoms in total. The summed E-state index contributed by atoms with van der Waals surface area (Å²) in [5.74, 6) is 1.30. The fourth-order valence-electron chi connectivity index (χ4n) is 3.63. The van der Waals surface area contributed by atoms with Crippen molar-refractivity contribution in [2.75, 3.05) is 12.4 Å². The molecule has 0 saturated heterocycles. The second kappa shape index (κ2) is 8.45. The highest BCUT2D eigenvalue weighted by Gasteiger charge is 2.32. The highest BCUT2D eigenvalue weighted by atomic mass is 35.5. The number of alkyl halides is 3. The number of methoxy groups -OCH3 is 1. The van der Waals surface area contributed by atoms with Crippen LogP contribution in [0, 0.1) is 0 Å². The molecule has 5 aromatic rings. The second-order valence-electron chi connectivity index (χ2n) is 7.79. The Morgan fingerprint density at radius 3 is 2.61 bits per heavy atom. The van der Waals surface area contributed by atoms with E-state index in [1.807, 2.05) is 0 Å². The van der Waals surface area contributed by atoms with Gasteiger partial charge in [0.1, 0.15) is 27.5 Å². The van der Waals surface area contributed by atoms with Gasteiger partial charge in [-0.1, -0.05) is 11.6 Å². The molecule has 0 atom stereocenters. The van der Waals surface area contributed by atoms with E-state index in [1.165, 1.54) is 24.0 Å². The lowest BCUT2D eigenvalue weighted by Crippen LogP contribution is -2.23. The van der Waals surface area contributed by atoms with E-state index in [1.54, 1.807) is 37.0 Å². The molecule has 5 rings (SSSR count). The quantitative estimate of drug-likeness (QED) is 0.364. The van der Waals surface area contributed by atoms with E-state index in [0.29, 0.717) is 22.5 Å². The van der Waals surface area contributed by atoms with Gasteiger partial charge in [0, 0.05) is 20.3 Å². The van der Waals surface area contributed by atoms with Crippen molar-refractivity contribution in [1.82, 2.24) is 28.7 Å². The highest BCUT2D eigenvalue weighted by molar-refractivity contribution is 6.36. The highest BCUT2D eigenvalue weighted by Crippen LogP contribution is 2.37. The Bertz CT molecular complexity index is 1690. The molecule has 0 aromatic carbocycles. The van der Waals surface area contributed by atoms with Crippen molar-refractivity contribution in [3.8, 4) is 17.2 Å².